The molecular weight excluding hydrogens is 170 g/mol. The van der Waals surface area contributed by atoms with Gasteiger partial charge in [0.05, 0.1) is 0 Å². The van der Waals surface area contributed by atoms with Gasteiger partial charge >= 0.3 is 0 Å². The zero-order valence-corrected chi connectivity index (χ0v) is 10.2. The summed E-state index contributed by atoms with van der Waals surface area (Å²) in [6.07, 6.45) is 8.42. The highest BCUT2D eigenvalue weighted by Gasteiger charge is 2.41. The summed E-state index contributed by atoms with van der Waals surface area (Å²) in [5.41, 5.74) is 6.40. The van der Waals surface area contributed by atoms with Crippen LogP contribution < -0.4 is 5.73 Å². The summed E-state index contributed by atoms with van der Waals surface area (Å²) in [5, 5.41) is 0. The molecule has 0 radical (unpaired) electrons. The van der Waals surface area contributed by atoms with E-state index in [2.05, 4.69) is 20.8 Å². The molecule has 0 spiro atoms. The smallest absolute Gasteiger partial charge is 0.00485 e. The second-order valence-electron chi connectivity index (χ2n) is 5.69. The van der Waals surface area contributed by atoms with Gasteiger partial charge in [0.2, 0.25) is 0 Å². The van der Waals surface area contributed by atoms with E-state index in [1.165, 1.54) is 38.5 Å². The Hall–Kier alpha value is -0.0400. The molecule has 0 saturated heterocycles. The third kappa shape index (κ3) is 2.98. The molecule has 1 aliphatic rings. The van der Waals surface area contributed by atoms with E-state index in [0.29, 0.717) is 5.41 Å². The van der Waals surface area contributed by atoms with Crippen LogP contribution in [-0.4, -0.2) is 6.54 Å². The monoisotopic (exact) mass is 197 g/mol. The lowest BCUT2D eigenvalue weighted by molar-refractivity contribution is 0.0338. The van der Waals surface area contributed by atoms with Crippen molar-refractivity contribution in [3.8, 4) is 0 Å². The highest BCUT2D eigenvalue weighted by Crippen LogP contribution is 2.52. The molecule has 0 aromatic heterocycles. The maximum Gasteiger partial charge on any atom is -0.00485 e. The topological polar surface area (TPSA) is 26.0 Å². The highest BCUT2D eigenvalue weighted by molar-refractivity contribution is 4.93. The van der Waals surface area contributed by atoms with Crippen LogP contribution in [0.1, 0.15) is 59.3 Å². The molecule has 0 aromatic rings. The maximum atomic E-state index is 5.71. The number of hydrogen-bond acceptors (Lipinski definition) is 1. The predicted molar refractivity (Wildman–Crippen MR) is 63.2 cm³/mol. The summed E-state index contributed by atoms with van der Waals surface area (Å²) in [4.78, 5) is 0. The Morgan fingerprint density at radius 1 is 1.29 bits per heavy atom. The molecule has 0 amide bonds. The van der Waals surface area contributed by atoms with E-state index >= 15 is 0 Å². The molecule has 1 rings (SSSR count). The summed E-state index contributed by atoms with van der Waals surface area (Å²) in [6.45, 7) is 7.89. The fourth-order valence-corrected chi connectivity index (χ4v) is 2.99. The van der Waals surface area contributed by atoms with E-state index in [1.807, 2.05) is 0 Å². The molecule has 1 nitrogen and oxygen atoms in total. The van der Waals surface area contributed by atoms with E-state index in [4.69, 9.17) is 5.73 Å². The van der Waals surface area contributed by atoms with Gasteiger partial charge in [-0.25, -0.2) is 0 Å². The van der Waals surface area contributed by atoms with Crippen LogP contribution in [0.25, 0.3) is 0 Å². The van der Waals surface area contributed by atoms with E-state index in [-0.39, 0.29) is 0 Å². The lowest BCUT2D eigenvalue weighted by Gasteiger charge is -2.48. The Morgan fingerprint density at radius 3 is 2.36 bits per heavy atom. The molecule has 0 aromatic carbocycles. The zero-order valence-electron chi connectivity index (χ0n) is 10.2. The minimum absolute atomic E-state index is 0.697. The van der Waals surface area contributed by atoms with Gasteiger partial charge in [-0.15, -0.1) is 0 Å². The molecule has 1 saturated carbocycles. The Bertz CT molecular complexity index is 157. The van der Waals surface area contributed by atoms with E-state index in [9.17, 15) is 0 Å². The van der Waals surface area contributed by atoms with Crippen LogP contribution in [-0.2, 0) is 0 Å². The average Bonchev–Trinajstić information content (AvgIpc) is 2.08. The summed E-state index contributed by atoms with van der Waals surface area (Å²) in [6, 6.07) is 0. The second-order valence-corrected chi connectivity index (χ2v) is 5.69. The van der Waals surface area contributed by atoms with E-state index < -0.39 is 0 Å². The van der Waals surface area contributed by atoms with Crippen LogP contribution in [0.15, 0.2) is 0 Å². The summed E-state index contributed by atoms with van der Waals surface area (Å²) in [7, 11) is 0. The van der Waals surface area contributed by atoms with Crippen molar-refractivity contribution in [3.63, 3.8) is 0 Å². The van der Waals surface area contributed by atoms with E-state index in [1.54, 1.807) is 0 Å². The van der Waals surface area contributed by atoms with Crippen molar-refractivity contribution in [2.24, 2.45) is 23.0 Å². The largest absolute Gasteiger partial charge is 0.330 e. The van der Waals surface area contributed by atoms with Gasteiger partial charge in [0, 0.05) is 0 Å². The molecule has 1 fully saturated rings. The van der Waals surface area contributed by atoms with Crippen LogP contribution >= 0.6 is 0 Å². The lowest BCUT2D eigenvalue weighted by Crippen LogP contribution is -2.40. The van der Waals surface area contributed by atoms with Crippen LogP contribution in [0.5, 0.6) is 0 Å². The third-order valence-corrected chi connectivity index (χ3v) is 3.81. The Balaban J connectivity index is 2.33. The fourth-order valence-electron chi connectivity index (χ4n) is 2.99. The van der Waals surface area contributed by atoms with Crippen molar-refractivity contribution >= 4 is 0 Å². The molecule has 0 atom stereocenters. The van der Waals surface area contributed by atoms with Crippen LogP contribution in [0.4, 0.5) is 0 Å². The van der Waals surface area contributed by atoms with Crippen LogP contribution in [0, 0.1) is 17.3 Å². The zero-order chi connectivity index (χ0) is 10.6. The quantitative estimate of drug-likeness (QED) is 0.692. The maximum absolute atomic E-state index is 5.71. The lowest BCUT2D eigenvalue weighted by atomic mass is 9.57. The molecule has 0 bridgehead atoms. The molecule has 0 unspecified atom stereocenters. The Labute approximate surface area is 89.5 Å². The minimum atomic E-state index is 0.697. The Kier molecular flexibility index (Phi) is 4.43. The normalized spacial score (nSPS) is 31.9. The summed E-state index contributed by atoms with van der Waals surface area (Å²) >= 11 is 0. The molecular formula is C13H27N. The predicted octanol–water partition coefficient (Wildman–Crippen LogP) is 3.58. The van der Waals surface area contributed by atoms with Gasteiger partial charge in [0.25, 0.3) is 0 Å². The van der Waals surface area contributed by atoms with E-state index in [0.717, 1.165) is 18.4 Å². The van der Waals surface area contributed by atoms with Crippen molar-refractivity contribution in [1.29, 1.82) is 0 Å². The molecule has 0 aliphatic heterocycles. The van der Waals surface area contributed by atoms with Gasteiger partial charge in [-0.3, -0.25) is 0 Å². The van der Waals surface area contributed by atoms with Crippen LogP contribution in [0.3, 0.4) is 0 Å². The number of rotatable bonds is 6. The van der Waals surface area contributed by atoms with Crippen molar-refractivity contribution < 1.29 is 0 Å². The first-order valence-corrected chi connectivity index (χ1v) is 6.32. The van der Waals surface area contributed by atoms with Crippen molar-refractivity contribution in [1.82, 2.24) is 0 Å². The first-order chi connectivity index (χ1) is 6.62. The van der Waals surface area contributed by atoms with Gasteiger partial charge in [0.15, 0.2) is 0 Å². The van der Waals surface area contributed by atoms with Crippen LogP contribution in [0.2, 0.25) is 0 Å². The second kappa shape index (κ2) is 5.16. The minimum Gasteiger partial charge on any atom is -0.330 e. The van der Waals surface area contributed by atoms with Gasteiger partial charge in [-0.1, -0.05) is 33.6 Å². The van der Waals surface area contributed by atoms with Gasteiger partial charge < -0.3 is 5.73 Å². The summed E-state index contributed by atoms with van der Waals surface area (Å²) in [5.74, 6) is 1.70. The molecule has 14 heavy (non-hydrogen) atoms. The highest BCUT2D eigenvalue weighted by atomic mass is 14.6. The molecule has 1 heteroatoms. The molecule has 84 valence electrons. The molecule has 2 N–H and O–H groups in total. The molecule has 0 heterocycles. The average molecular weight is 197 g/mol. The number of hydrogen-bond donors (Lipinski definition) is 1. The summed E-state index contributed by atoms with van der Waals surface area (Å²) < 4.78 is 0. The molecule has 1 aliphatic carbocycles. The standard InChI is InChI=1S/C13H27N/c1-4-6-13(7-5-11(2)3)8-12(9-13)10-14/h11-12H,4-10,14H2,1-3H3. The first kappa shape index (κ1) is 12.0. The van der Waals surface area contributed by atoms with Crippen molar-refractivity contribution in [2.45, 2.75) is 59.3 Å². The van der Waals surface area contributed by atoms with Crippen molar-refractivity contribution in [3.05, 3.63) is 0 Å². The van der Waals surface area contributed by atoms with Crippen molar-refractivity contribution in [2.75, 3.05) is 6.54 Å². The van der Waals surface area contributed by atoms with Gasteiger partial charge in [-0.05, 0) is 49.5 Å². The third-order valence-electron chi connectivity index (χ3n) is 3.81. The van der Waals surface area contributed by atoms with Gasteiger partial charge in [-0.2, -0.15) is 0 Å². The number of nitrogens with two attached hydrogens (primary N) is 1. The van der Waals surface area contributed by atoms with Gasteiger partial charge in [0.1, 0.15) is 0 Å². The first-order valence-electron chi connectivity index (χ1n) is 6.32. The fraction of sp³-hybridized carbons (Fsp3) is 1.00. The SMILES string of the molecule is CCCC1(CCC(C)C)CC(CN)C1. The Morgan fingerprint density at radius 2 is 1.93 bits per heavy atom.